The van der Waals surface area contributed by atoms with Crippen molar-refractivity contribution in [3.63, 3.8) is 0 Å². The molecule has 0 aliphatic carbocycles. The predicted octanol–water partition coefficient (Wildman–Crippen LogP) is 3.54. The number of para-hydroxylation sites is 1. The van der Waals surface area contributed by atoms with Crippen molar-refractivity contribution in [3.8, 4) is 11.4 Å². The van der Waals surface area contributed by atoms with Crippen molar-refractivity contribution < 1.29 is 4.74 Å². The summed E-state index contributed by atoms with van der Waals surface area (Å²) in [6.45, 7) is 3.91. The molecule has 1 saturated heterocycles. The van der Waals surface area contributed by atoms with E-state index < -0.39 is 0 Å². The molecule has 0 radical (unpaired) electrons. The average Bonchev–Trinajstić information content (AvgIpc) is 2.84. The van der Waals surface area contributed by atoms with E-state index in [-0.39, 0.29) is 0 Å². The Morgan fingerprint density at radius 1 is 0.933 bits per heavy atom. The monoisotopic (exact) mass is 398 g/mol. The molecule has 4 aromatic rings. The molecule has 7 nitrogen and oxygen atoms in total. The van der Waals surface area contributed by atoms with E-state index in [0.717, 1.165) is 60.0 Å². The van der Waals surface area contributed by atoms with Crippen molar-refractivity contribution >= 4 is 22.5 Å². The van der Waals surface area contributed by atoms with Crippen LogP contribution in [0.3, 0.4) is 0 Å². The van der Waals surface area contributed by atoms with Gasteiger partial charge in [0.05, 0.1) is 18.7 Å². The summed E-state index contributed by atoms with van der Waals surface area (Å²) in [5.74, 6) is 2.48. The van der Waals surface area contributed by atoms with Crippen molar-refractivity contribution in [2.24, 2.45) is 0 Å². The van der Waals surface area contributed by atoms with E-state index >= 15 is 0 Å². The SMILES string of the molecule is c1ccc2c(NCc3ccc(N4CCOCC4)nc3)nc(-c3ccncc3)nc2c1. The lowest BCUT2D eigenvalue weighted by atomic mass is 10.2. The summed E-state index contributed by atoms with van der Waals surface area (Å²) in [4.78, 5) is 20.5. The Balaban J connectivity index is 1.38. The van der Waals surface area contributed by atoms with Crippen LogP contribution < -0.4 is 10.2 Å². The fourth-order valence-electron chi connectivity index (χ4n) is 3.53. The first-order valence-corrected chi connectivity index (χ1v) is 10.1. The van der Waals surface area contributed by atoms with Crippen LogP contribution in [0.25, 0.3) is 22.3 Å². The standard InChI is InChI=1S/C23H22N6O/c1-2-4-20-19(3-1)23(28-22(27-20)18-7-9-24-10-8-18)26-16-17-5-6-21(25-15-17)29-11-13-30-14-12-29/h1-10,15H,11-14,16H2,(H,26,27,28). The normalized spacial score (nSPS) is 14.1. The fourth-order valence-corrected chi connectivity index (χ4v) is 3.53. The van der Waals surface area contributed by atoms with Crippen LogP contribution in [0.4, 0.5) is 11.6 Å². The minimum Gasteiger partial charge on any atom is -0.378 e. The lowest BCUT2D eigenvalue weighted by molar-refractivity contribution is 0.122. The summed E-state index contributed by atoms with van der Waals surface area (Å²) < 4.78 is 5.41. The van der Waals surface area contributed by atoms with E-state index in [0.29, 0.717) is 12.4 Å². The number of rotatable bonds is 5. The molecule has 150 valence electrons. The lowest BCUT2D eigenvalue weighted by Gasteiger charge is -2.27. The number of ether oxygens (including phenoxy) is 1. The molecule has 0 unspecified atom stereocenters. The first-order chi connectivity index (χ1) is 14.9. The van der Waals surface area contributed by atoms with Gasteiger partial charge in [0.25, 0.3) is 0 Å². The van der Waals surface area contributed by atoms with Crippen LogP contribution in [0.2, 0.25) is 0 Å². The third kappa shape index (κ3) is 3.92. The number of nitrogens with one attached hydrogen (secondary N) is 1. The van der Waals surface area contributed by atoms with Crippen molar-refractivity contribution in [1.29, 1.82) is 0 Å². The fraction of sp³-hybridized carbons (Fsp3) is 0.217. The Hall–Kier alpha value is -3.58. The Labute approximate surface area is 174 Å². The number of fused-ring (bicyclic) bond motifs is 1. The number of aromatic nitrogens is 4. The summed E-state index contributed by atoms with van der Waals surface area (Å²) in [7, 11) is 0. The van der Waals surface area contributed by atoms with Gasteiger partial charge >= 0.3 is 0 Å². The zero-order chi connectivity index (χ0) is 20.2. The smallest absolute Gasteiger partial charge is 0.162 e. The number of morpholine rings is 1. The Morgan fingerprint density at radius 3 is 2.57 bits per heavy atom. The molecule has 1 aliphatic heterocycles. The first kappa shape index (κ1) is 18.4. The first-order valence-electron chi connectivity index (χ1n) is 10.1. The number of hydrogen-bond acceptors (Lipinski definition) is 7. The quantitative estimate of drug-likeness (QED) is 0.551. The molecule has 0 spiro atoms. The molecule has 0 saturated carbocycles. The zero-order valence-corrected chi connectivity index (χ0v) is 16.5. The van der Waals surface area contributed by atoms with E-state index in [1.807, 2.05) is 42.6 Å². The highest BCUT2D eigenvalue weighted by molar-refractivity contribution is 5.90. The van der Waals surface area contributed by atoms with Gasteiger partial charge in [-0.2, -0.15) is 0 Å². The molecule has 1 fully saturated rings. The van der Waals surface area contributed by atoms with Crippen molar-refractivity contribution in [2.45, 2.75) is 6.54 Å². The molecule has 1 N–H and O–H groups in total. The highest BCUT2D eigenvalue weighted by Crippen LogP contribution is 2.25. The number of anilines is 2. The average molecular weight is 398 g/mol. The number of hydrogen-bond donors (Lipinski definition) is 1. The third-order valence-corrected chi connectivity index (χ3v) is 5.15. The van der Waals surface area contributed by atoms with Gasteiger partial charge in [-0.1, -0.05) is 18.2 Å². The molecule has 4 heterocycles. The highest BCUT2D eigenvalue weighted by Gasteiger charge is 2.12. The van der Waals surface area contributed by atoms with E-state index in [2.05, 4.69) is 32.3 Å². The van der Waals surface area contributed by atoms with Crippen LogP contribution in [0, 0.1) is 0 Å². The summed E-state index contributed by atoms with van der Waals surface area (Å²) in [5, 5.41) is 4.47. The van der Waals surface area contributed by atoms with Gasteiger partial charge in [0.1, 0.15) is 11.6 Å². The largest absolute Gasteiger partial charge is 0.378 e. The van der Waals surface area contributed by atoms with Gasteiger partial charge in [-0.15, -0.1) is 0 Å². The van der Waals surface area contributed by atoms with Gasteiger partial charge in [0, 0.05) is 49.2 Å². The van der Waals surface area contributed by atoms with Crippen LogP contribution in [0.1, 0.15) is 5.56 Å². The molecular weight excluding hydrogens is 376 g/mol. The number of pyridine rings is 2. The number of nitrogens with zero attached hydrogens (tertiary/aromatic N) is 5. The molecule has 30 heavy (non-hydrogen) atoms. The van der Waals surface area contributed by atoms with E-state index in [1.54, 1.807) is 12.4 Å². The number of benzene rings is 1. The zero-order valence-electron chi connectivity index (χ0n) is 16.5. The van der Waals surface area contributed by atoms with Crippen LogP contribution >= 0.6 is 0 Å². The van der Waals surface area contributed by atoms with Crippen LogP contribution in [0.15, 0.2) is 67.1 Å². The topological polar surface area (TPSA) is 76.1 Å². The minimum atomic E-state index is 0.632. The van der Waals surface area contributed by atoms with Gasteiger partial charge in [-0.25, -0.2) is 15.0 Å². The summed E-state index contributed by atoms with van der Waals surface area (Å²) >= 11 is 0. The molecule has 0 atom stereocenters. The van der Waals surface area contributed by atoms with Crippen molar-refractivity contribution in [3.05, 3.63) is 72.7 Å². The maximum absolute atomic E-state index is 5.41. The van der Waals surface area contributed by atoms with E-state index in [9.17, 15) is 0 Å². The molecule has 1 aromatic carbocycles. The third-order valence-electron chi connectivity index (χ3n) is 5.15. The molecule has 3 aromatic heterocycles. The van der Waals surface area contributed by atoms with Gasteiger partial charge < -0.3 is 15.0 Å². The van der Waals surface area contributed by atoms with Crippen LogP contribution in [-0.4, -0.2) is 46.2 Å². The van der Waals surface area contributed by atoms with Gasteiger partial charge in [-0.05, 0) is 35.9 Å². The van der Waals surface area contributed by atoms with Crippen molar-refractivity contribution in [1.82, 2.24) is 19.9 Å². The maximum Gasteiger partial charge on any atom is 0.162 e. The summed E-state index contributed by atoms with van der Waals surface area (Å²) in [6.07, 6.45) is 5.43. The maximum atomic E-state index is 5.41. The summed E-state index contributed by atoms with van der Waals surface area (Å²) in [5.41, 5.74) is 2.94. The molecule has 5 rings (SSSR count). The minimum absolute atomic E-state index is 0.632. The van der Waals surface area contributed by atoms with Crippen LogP contribution in [-0.2, 0) is 11.3 Å². The second-order valence-corrected chi connectivity index (χ2v) is 7.13. The molecule has 7 heteroatoms. The molecule has 0 amide bonds. The lowest BCUT2D eigenvalue weighted by Crippen LogP contribution is -2.36. The second kappa shape index (κ2) is 8.42. The summed E-state index contributed by atoms with van der Waals surface area (Å²) in [6, 6.07) is 16.1. The molecular formula is C23H22N6O. The Bertz CT molecular complexity index is 1130. The highest BCUT2D eigenvalue weighted by atomic mass is 16.5. The van der Waals surface area contributed by atoms with Crippen molar-refractivity contribution in [2.75, 3.05) is 36.5 Å². The van der Waals surface area contributed by atoms with E-state index in [4.69, 9.17) is 14.7 Å². The van der Waals surface area contributed by atoms with Crippen LogP contribution in [0.5, 0.6) is 0 Å². The predicted molar refractivity (Wildman–Crippen MR) is 117 cm³/mol. The second-order valence-electron chi connectivity index (χ2n) is 7.13. The van der Waals surface area contributed by atoms with E-state index in [1.165, 1.54) is 0 Å². The molecule has 0 bridgehead atoms. The Kier molecular flexibility index (Phi) is 5.18. The molecule has 1 aliphatic rings. The van der Waals surface area contributed by atoms with Gasteiger partial charge in [0.2, 0.25) is 0 Å². The Morgan fingerprint density at radius 2 is 1.77 bits per heavy atom. The van der Waals surface area contributed by atoms with Gasteiger partial charge in [0.15, 0.2) is 5.82 Å². The van der Waals surface area contributed by atoms with Gasteiger partial charge in [-0.3, -0.25) is 4.98 Å².